The van der Waals surface area contributed by atoms with E-state index in [-0.39, 0.29) is 29.7 Å². The molecule has 4 aromatic carbocycles. The molecule has 0 saturated heterocycles. The highest BCUT2D eigenvalue weighted by atomic mass is 35.5. The van der Waals surface area contributed by atoms with Crippen LogP contribution in [0.1, 0.15) is 30.5 Å². The van der Waals surface area contributed by atoms with Crippen LogP contribution in [0.25, 0.3) is 0 Å². The van der Waals surface area contributed by atoms with Gasteiger partial charge in [-0.1, -0.05) is 91.1 Å². The minimum absolute atomic E-state index is 0.0155. The summed E-state index contributed by atoms with van der Waals surface area (Å²) in [7, 11) is -2.75. The summed E-state index contributed by atoms with van der Waals surface area (Å²) < 4.78 is 34.7. The minimum atomic E-state index is -4.24. The van der Waals surface area contributed by atoms with E-state index in [2.05, 4.69) is 5.32 Å². The highest BCUT2D eigenvalue weighted by Crippen LogP contribution is 2.28. The molecule has 0 aliphatic rings. The number of rotatable bonds is 14. The molecule has 4 aromatic rings. The van der Waals surface area contributed by atoms with Gasteiger partial charge >= 0.3 is 0 Å². The van der Waals surface area contributed by atoms with Crippen molar-refractivity contribution >= 4 is 50.7 Å². The molecule has 0 heterocycles. The van der Waals surface area contributed by atoms with E-state index in [9.17, 15) is 18.0 Å². The molecule has 1 unspecified atom stereocenters. The van der Waals surface area contributed by atoms with Crippen molar-refractivity contribution < 1.29 is 22.7 Å². The molecular formula is C36H39Cl2N3O5S. The summed E-state index contributed by atoms with van der Waals surface area (Å²) in [6, 6.07) is 26.2. The number of amides is 2. The first kappa shape index (κ1) is 35.8. The maximum absolute atomic E-state index is 14.6. The number of carbonyl (C=O) groups excluding carboxylic acids is 2. The molecule has 1 N–H and O–H groups in total. The van der Waals surface area contributed by atoms with Gasteiger partial charge in [-0.05, 0) is 72.5 Å². The quantitative estimate of drug-likeness (QED) is 0.155. The van der Waals surface area contributed by atoms with E-state index in [0.29, 0.717) is 33.6 Å². The molecule has 0 spiro atoms. The van der Waals surface area contributed by atoms with Crippen LogP contribution in [0.3, 0.4) is 0 Å². The number of hydrogen-bond acceptors (Lipinski definition) is 5. The summed E-state index contributed by atoms with van der Waals surface area (Å²) in [5.41, 5.74) is 2.69. The summed E-state index contributed by atoms with van der Waals surface area (Å²) in [6.45, 7) is 5.66. The molecule has 248 valence electrons. The molecule has 8 nitrogen and oxygen atoms in total. The van der Waals surface area contributed by atoms with E-state index < -0.39 is 28.5 Å². The Morgan fingerprint density at radius 2 is 1.51 bits per heavy atom. The second-order valence-electron chi connectivity index (χ2n) is 11.6. The molecule has 0 aliphatic heterocycles. The molecule has 0 aromatic heterocycles. The van der Waals surface area contributed by atoms with Crippen LogP contribution in [0.2, 0.25) is 10.0 Å². The van der Waals surface area contributed by atoms with Crippen LogP contribution >= 0.6 is 23.2 Å². The van der Waals surface area contributed by atoms with Gasteiger partial charge in [-0.2, -0.15) is 0 Å². The molecule has 0 saturated carbocycles. The zero-order valence-corrected chi connectivity index (χ0v) is 29.1. The number of methoxy groups -OCH3 is 1. The lowest BCUT2D eigenvalue weighted by molar-refractivity contribution is -0.140. The Morgan fingerprint density at radius 1 is 0.851 bits per heavy atom. The maximum atomic E-state index is 14.6. The number of nitrogens with zero attached hydrogens (tertiary/aromatic N) is 2. The predicted molar refractivity (Wildman–Crippen MR) is 187 cm³/mol. The normalized spacial score (nSPS) is 12.0. The van der Waals surface area contributed by atoms with Gasteiger partial charge in [-0.15, -0.1) is 0 Å². The Bertz CT molecular complexity index is 1770. The van der Waals surface area contributed by atoms with Crippen LogP contribution in [-0.2, 0) is 32.6 Å². The van der Waals surface area contributed by atoms with Gasteiger partial charge in [-0.3, -0.25) is 13.9 Å². The van der Waals surface area contributed by atoms with Crippen molar-refractivity contribution in [3.63, 3.8) is 0 Å². The van der Waals surface area contributed by atoms with Crippen LogP contribution < -0.4 is 14.4 Å². The van der Waals surface area contributed by atoms with Crippen LogP contribution in [-0.4, -0.2) is 51.4 Å². The van der Waals surface area contributed by atoms with Crippen molar-refractivity contribution in [1.29, 1.82) is 0 Å². The number of halogens is 2. The van der Waals surface area contributed by atoms with Gasteiger partial charge in [0.1, 0.15) is 18.3 Å². The fourth-order valence-corrected chi connectivity index (χ4v) is 6.66. The van der Waals surface area contributed by atoms with E-state index in [0.717, 1.165) is 15.4 Å². The number of nitrogens with one attached hydrogen (secondary N) is 1. The molecule has 11 heteroatoms. The van der Waals surface area contributed by atoms with E-state index in [4.69, 9.17) is 27.9 Å². The number of hydrogen-bond donors (Lipinski definition) is 1. The molecule has 0 radical (unpaired) electrons. The number of ether oxygens (including phenoxy) is 1. The van der Waals surface area contributed by atoms with Gasteiger partial charge in [0.05, 0.1) is 27.7 Å². The Kier molecular flexibility index (Phi) is 12.3. The van der Waals surface area contributed by atoms with Gasteiger partial charge in [0.25, 0.3) is 10.0 Å². The lowest BCUT2D eigenvalue weighted by Crippen LogP contribution is -2.53. The van der Waals surface area contributed by atoms with Crippen molar-refractivity contribution in [3.05, 3.63) is 124 Å². The second kappa shape index (κ2) is 16.2. The first-order valence-electron chi connectivity index (χ1n) is 15.2. The zero-order chi connectivity index (χ0) is 34.1. The zero-order valence-electron chi connectivity index (χ0n) is 26.8. The number of aryl methyl sites for hydroxylation is 1. The van der Waals surface area contributed by atoms with Crippen molar-refractivity contribution in [2.75, 3.05) is 24.5 Å². The van der Waals surface area contributed by atoms with Gasteiger partial charge in [-0.25, -0.2) is 8.42 Å². The molecule has 4 rings (SSSR count). The maximum Gasteiger partial charge on any atom is 0.264 e. The average molecular weight is 697 g/mol. The Balaban J connectivity index is 1.81. The first-order valence-corrected chi connectivity index (χ1v) is 17.4. The Hall–Kier alpha value is -4.05. The van der Waals surface area contributed by atoms with Crippen LogP contribution in [0.15, 0.2) is 102 Å². The summed E-state index contributed by atoms with van der Waals surface area (Å²) in [4.78, 5) is 29.9. The summed E-state index contributed by atoms with van der Waals surface area (Å²) >= 11 is 12.5. The lowest BCUT2D eigenvalue weighted by Gasteiger charge is -2.34. The molecule has 47 heavy (non-hydrogen) atoms. The molecule has 0 aliphatic carbocycles. The van der Waals surface area contributed by atoms with Gasteiger partial charge < -0.3 is 15.0 Å². The highest BCUT2D eigenvalue weighted by Gasteiger charge is 2.34. The van der Waals surface area contributed by atoms with Crippen LogP contribution in [0.5, 0.6) is 5.75 Å². The minimum Gasteiger partial charge on any atom is -0.497 e. The van der Waals surface area contributed by atoms with E-state index in [1.807, 2.05) is 51.1 Å². The highest BCUT2D eigenvalue weighted by molar-refractivity contribution is 7.92. The number of benzene rings is 4. The third kappa shape index (κ3) is 9.50. The third-order valence-electron chi connectivity index (χ3n) is 7.54. The standard InChI is InChI=1S/C36H39Cl2N3O5S/c1-25(2)22-39-36(43)34(21-27-8-6-5-7-9-27)40(23-28-12-19-32(37)33(38)20-28)35(42)24-41(29-13-10-26(3)11-14-29)47(44,45)31-17-15-30(46-4)16-18-31/h5-20,25,34H,21-24H2,1-4H3,(H,39,43). The van der Waals surface area contributed by atoms with Crippen LogP contribution in [0.4, 0.5) is 5.69 Å². The monoisotopic (exact) mass is 695 g/mol. The van der Waals surface area contributed by atoms with E-state index in [1.54, 1.807) is 54.6 Å². The van der Waals surface area contributed by atoms with E-state index >= 15 is 0 Å². The number of anilines is 1. The topological polar surface area (TPSA) is 96.0 Å². The number of sulfonamides is 1. The van der Waals surface area contributed by atoms with Crippen molar-refractivity contribution in [3.8, 4) is 5.75 Å². The summed E-state index contributed by atoms with van der Waals surface area (Å²) in [6.07, 6.45) is 0.202. The molecule has 0 bridgehead atoms. The van der Waals surface area contributed by atoms with Crippen LogP contribution in [0, 0.1) is 12.8 Å². The van der Waals surface area contributed by atoms with E-state index in [1.165, 1.54) is 24.1 Å². The second-order valence-corrected chi connectivity index (χ2v) is 14.3. The fraction of sp³-hybridized carbons (Fsp3) is 0.278. The SMILES string of the molecule is COc1ccc(S(=O)(=O)N(CC(=O)N(Cc2ccc(Cl)c(Cl)c2)C(Cc2ccccc2)C(=O)NCC(C)C)c2ccc(C)cc2)cc1. The van der Waals surface area contributed by atoms with Crippen molar-refractivity contribution in [1.82, 2.24) is 10.2 Å². The number of carbonyl (C=O) groups is 2. The fourth-order valence-electron chi connectivity index (χ4n) is 4.93. The summed E-state index contributed by atoms with van der Waals surface area (Å²) in [5.74, 6) is -0.265. The Labute approximate surface area is 287 Å². The lowest BCUT2D eigenvalue weighted by atomic mass is 10.0. The molecule has 2 amide bonds. The first-order chi connectivity index (χ1) is 22.4. The largest absolute Gasteiger partial charge is 0.497 e. The predicted octanol–water partition coefficient (Wildman–Crippen LogP) is 6.92. The van der Waals surface area contributed by atoms with Gasteiger partial charge in [0.2, 0.25) is 11.8 Å². The van der Waals surface area contributed by atoms with Crippen molar-refractivity contribution in [2.24, 2.45) is 5.92 Å². The van der Waals surface area contributed by atoms with Gasteiger partial charge in [0.15, 0.2) is 0 Å². The molecule has 0 fully saturated rings. The average Bonchev–Trinajstić information content (AvgIpc) is 3.06. The third-order valence-corrected chi connectivity index (χ3v) is 10.1. The smallest absolute Gasteiger partial charge is 0.264 e. The Morgan fingerprint density at radius 3 is 2.11 bits per heavy atom. The summed E-state index contributed by atoms with van der Waals surface area (Å²) in [5, 5.41) is 3.62. The molecule has 1 atom stereocenters. The van der Waals surface area contributed by atoms with Crippen molar-refractivity contribution in [2.45, 2.75) is 44.7 Å². The van der Waals surface area contributed by atoms with Gasteiger partial charge in [0, 0.05) is 19.5 Å². The molecular weight excluding hydrogens is 657 g/mol.